The molecule has 0 spiro atoms. The first-order valence-corrected chi connectivity index (χ1v) is 8.00. The molecule has 5 nitrogen and oxygen atoms in total. The minimum atomic E-state index is 0.0899. The summed E-state index contributed by atoms with van der Waals surface area (Å²) in [4.78, 5) is 19.3. The van der Waals surface area contributed by atoms with E-state index in [1.165, 1.54) is 0 Å². The molecule has 22 heavy (non-hydrogen) atoms. The summed E-state index contributed by atoms with van der Waals surface area (Å²) in [6.45, 7) is 7.43. The molecule has 2 aliphatic rings. The standard InChI is InChI=1S/C17H25N3O2/c1-18-7-9-19(10-8-18)11-14-12-20(13-14)17(21)15-5-3-4-6-16(15)22-2/h3-6,14H,7-13H2,1-2H3. The number of ether oxygens (including phenoxy) is 1. The van der Waals surface area contributed by atoms with Gasteiger partial charge in [0.1, 0.15) is 5.75 Å². The van der Waals surface area contributed by atoms with Gasteiger partial charge in [-0.1, -0.05) is 12.1 Å². The molecule has 0 radical (unpaired) electrons. The molecule has 1 aromatic rings. The SMILES string of the molecule is COc1ccccc1C(=O)N1CC(CN2CCN(C)CC2)C1. The van der Waals surface area contributed by atoms with E-state index in [0.717, 1.165) is 45.8 Å². The van der Waals surface area contributed by atoms with Crippen molar-refractivity contribution in [1.82, 2.24) is 14.7 Å². The van der Waals surface area contributed by atoms with Crippen LogP contribution in [0.2, 0.25) is 0 Å². The molecule has 2 aliphatic heterocycles. The van der Waals surface area contributed by atoms with Crippen LogP contribution >= 0.6 is 0 Å². The van der Waals surface area contributed by atoms with E-state index in [1.54, 1.807) is 7.11 Å². The first kappa shape index (κ1) is 15.3. The van der Waals surface area contributed by atoms with Crippen LogP contribution in [-0.4, -0.2) is 80.6 Å². The van der Waals surface area contributed by atoms with Gasteiger partial charge in [-0.25, -0.2) is 0 Å². The zero-order valence-corrected chi connectivity index (χ0v) is 13.5. The van der Waals surface area contributed by atoms with Gasteiger partial charge in [0, 0.05) is 51.7 Å². The molecule has 0 atom stereocenters. The normalized spacial score (nSPS) is 20.7. The number of amides is 1. The van der Waals surface area contributed by atoms with Crippen LogP contribution in [0.3, 0.4) is 0 Å². The van der Waals surface area contributed by atoms with Crippen LogP contribution in [0.1, 0.15) is 10.4 Å². The summed E-state index contributed by atoms with van der Waals surface area (Å²) >= 11 is 0. The van der Waals surface area contributed by atoms with Gasteiger partial charge in [0.2, 0.25) is 0 Å². The van der Waals surface area contributed by atoms with Crippen molar-refractivity contribution in [3.05, 3.63) is 29.8 Å². The third-order valence-corrected chi connectivity index (χ3v) is 4.69. The fourth-order valence-electron chi connectivity index (χ4n) is 3.24. The Balaban J connectivity index is 1.49. The summed E-state index contributed by atoms with van der Waals surface area (Å²) in [5.41, 5.74) is 0.669. The summed E-state index contributed by atoms with van der Waals surface area (Å²) in [7, 11) is 3.78. The molecular weight excluding hydrogens is 278 g/mol. The van der Waals surface area contributed by atoms with Crippen molar-refractivity contribution in [2.75, 3.05) is 60.0 Å². The molecule has 2 saturated heterocycles. The number of nitrogens with zero attached hydrogens (tertiary/aromatic N) is 3. The number of rotatable bonds is 4. The molecule has 5 heteroatoms. The minimum Gasteiger partial charge on any atom is -0.496 e. The Kier molecular flexibility index (Phi) is 4.64. The lowest BCUT2D eigenvalue weighted by atomic mass is 9.97. The number of likely N-dealkylation sites (tertiary alicyclic amines) is 1. The Morgan fingerprint density at radius 3 is 2.55 bits per heavy atom. The lowest BCUT2D eigenvalue weighted by molar-refractivity contribution is 0.0356. The summed E-state index contributed by atoms with van der Waals surface area (Å²) < 4.78 is 5.28. The third-order valence-electron chi connectivity index (χ3n) is 4.69. The van der Waals surface area contributed by atoms with Gasteiger partial charge < -0.3 is 19.4 Å². The first-order valence-electron chi connectivity index (χ1n) is 8.00. The van der Waals surface area contributed by atoms with Crippen LogP contribution in [0.4, 0.5) is 0 Å². The van der Waals surface area contributed by atoms with Gasteiger partial charge in [-0.15, -0.1) is 0 Å². The first-order chi connectivity index (χ1) is 10.7. The molecule has 2 heterocycles. The Morgan fingerprint density at radius 2 is 1.86 bits per heavy atom. The highest BCUT2D eigenvalue weighted by Crippen LogP contribution is 2.24. The van der Waals surface area contributed by atoms with Crippen LogP contribution < -0.4 is 4.74 Å². The van der Waals surface area contributed by atoms with Gasteiger partial charge in [0.25, 0.3) is 5.91 Å². The van der Waals surface area contributed by atoms with Crippen LogP contribution in [0, 0.1) is 5.92 Å². The number of hydrogen-bond donors (Lipinski definition) is 0. The van der Waals surface area contributed by atoms with Crippen LogP contribution in [0.15, 0.2) is 24.3 Å². The van der Waals surface area contributed by atoms with E-state index in [9.17, 15) is 4.79 Å². The Bertz CT molecular complexity index is 520. The van der Waals surface area contributed by atoms with Crippen LogP contribution in [-0.2, 0) is 0 Å². The van der Waals surface area contributed by atoms with Crippen LogP contribution in [0.5, 0.6) is 5.75 Å². The largest absolute Gasteiger partial charge is 0.496 e. The maximum atomic E-state index is 12.5. The molecule has 0 aromatic heterocycles. The maximum absolute atomic E-state index is 12.5. The number of carbonyl (C=O) groups is 1. The quantitative estimate of drug-likeness (QED) is 0.832. The van der Waals surface area contributed by atoms with Crippen molar-refractivity contribution in [2.45, 2.75) is 0 Å². The third kappa shape index (κ3) is 3.25. The monoisotopic (exact) mass is 303 g/mol. The maximum Gasteiger partial charge on any atom is 0.257 e. The number of para-hydroxylation sites is 1. The highest BCUT2D eigenvalue weighted by atomic mass is 16.5. The molecule has 0 N–H and O–H groups in total. The average Bonchev–Trinajstić information content (AvgIpc) is 2.51. The van der Waals surface area contributed by atoms with E-state index in [1.807, 2.05) is 29.2 Å². The highest BCUT2D eigenvalue weighted by molar-refractivity contribution is 5.97. The van der Waals surface area contributed by atoms with E-state index in [4.69, 9.17) is 4.74 Å². The van der Waals surface area contributed by atoms with Gasteiger partial charge in [0.15, 0.2) is 0 Å². The van der Waals surface area contributed by atoms with Crippen molar-refractivity contribution >= 4 is 5.91 Å². The number of carbonyl (C=O) groups excluding carboxylic acids is 1. The molecule has 0 bridgehead atoms. The van der Waals surface area contributed by atoms with Crippen molar-refractivity contribution in [2.24, 2.45) is 5.92 Å². The van der Waals surface area contributed by atoms with Gasteiger partial charge in [-0.3, -0.25) is 4.79 Å². The van der Waals surface area contributed by atoms with E-state index < -0.39 is 0 Å². The fraction of sp³-hybridized carbons (Fsp3) is 0.588. The van der Waals surface area contributed by atoms with E-state index >= 15 is 0 Å². The molecule has 0 unspecified atom stereocenters. The van der Waals surface area contributed by atoms with Gasteiger partial charge >= 0.3 is 0 Å². The molecule has 0 aliphatic carbocycles. The predicted molar refractivity (Wildman–Crippen MR) is 86.3 cm³/mol. The molecule has 1 aromatic carbocycles. The van der Waals surface area contributed by atoms with Crippen molar-refractivity contribution in [3.8, 4) is 5.75 Å². The molecular formula is C17H25N3O2. The molecule has 120 valence electrons. The Morgan fingerprint density at radius 1 is 1.18 bits per heavy atom. The van der Waals surface area contributed by atoms with E-state index in [-0.39, 0.29) is 5.91 Å². The highest BCUT2D eigenvalue weighted by Gasteiger charge is 2.33. The van der Waals surface area contributed by atoms with Crippen molar-refractivity contribution < 1.29 is 9.53 Å². The summed E-state index contributed by atoms with van der Waals surface area (Å²) in [6.07, 6.45) is 0. The zero-order valence-electron chi connectivity index (χ0n) is 13.5. The molecule has 2 fully saturated rings. The lowest BCUT2D eigenvalue weighted by Crippen LogP contribution is -2.56. The van der Waals surface area contributed by atoms with Crippen molar-refractivity contribution in [3.63, 3.8) is 0 Å². The second-order valence-corrected chi connectivity index (χ2v) is 6.38. The summed E-state index contributed by atoms with van der Waals surface area (Å²) in [5.74, 6) is 1.36. The topological polar surface area (TPSA) is 36.0 Å². The lowest BCUT2D eigenvalue weighted by Gasteiger charge is -2.43. The minimum absolute atomic E-state index is 0.0899. The Hall–Kier alpha value is -1.59. The molecule has 1 amide bonds. The van der Waals surface area contributed by atoms with E-state index in [0.29, 0.717) is 17.2 Å². The number of hydrogen-bond acceptors (Lipinski definition) is 4. The average molecular weight is 303 g/mol. The fourth-order valence-corrected chi connectivity index (χ4v) is 3.24. The zero-order chi connectivity index (χ0) is 15.5. The Labute approximate surface area is 132 Å². The van der Waals surface area contributed by atoms with Gasteiger partial charge in [-0.2, -0.15) is 0 Å². The number of methoxy groups -OCH3 is 1. The number of piperazine rings is 1. The second kappa shape index (κ2) is 6.67. The molecule has 0 saturated carbocycles. The predicted octanol–water partition coefficient (Wildman–Crippen LogP) is 1.01. The summed E-state index contributed by atoms with van der Waals surface area (Å²) in [5, 5.41) is 0. The van der Waals surface area contributed by atoms with E-state index in [2.05, 4.69) is 16.8 Å². The summed E-state index contributed by atoms with van der Waals surface area (Å²) in [6, 6.07) is 7.46. The molecule has 3 rings (SSSR count). The van der Waals surface area contributed by atoms with Gasteiger partial charge in [-0.05, 0) is 19.2 Å². The second-order valence-electron chi connectivity index (χ2n) is 6.38. The number of benzene rings is 1. The van der Waals surface area contributed by atoms with Crippen LogP contribution in [0.25, 0.3) is 0 Å². The smallest absolute Gasteiger partial charge is 0.257 e. The van der Waals surface area contributed by atoms with Crippen molar-refractivity contribution in [1.29, 1.82) is 0 Å². The van der Waals surface area contributed by atoms with Gasteiger partial charge in [0.05, 0.1) is 12.7 Å². The number of likely N-dealkylation sites (N-methyl/N-ethyl adjacent to an activating group) is 1.